The number of sulfone groups is 1. The highest BCUT2D eigenvalue weighted by molar-refractivity contribution is 7.91. The normalized spacial score (nSPS) is 12.0. The van der Waals surface area contributed by atoms with Crippen LogP contribution < -0.4 is 0 Å². The average molecular weight is 433 g/mol. The van der Waals surface area contributed by atoms with Crippen LogP contribution in [0.4, 0.5) is 0 Å². The first-order chi connectivity index (χ1) is 13.9. The molecular formula is C21H28N4O2S2. The fourth-order valence-electron chi connectivity index (χ4n) is 3.26. The molecule has 0 unspecified atom stereocenters. The molecule has 2 aromatic heterocycles. The zero-order valence-electron chi connectivity index (χ0n) is 17.2. The monoisotopic (exact) mass is 432 g/mol. The number of hydrogen-bond acceptors (Lipinski definition) is 6. The first-order valence-electron chi connectivity index (χ1n) is 9.79. The lowest BCUT2D eigenvalue weighted by atomic mass is 10.1. The number of thiazole rings is 1. The molecule has 0 atom stereocenters. The second-order valence-corrected chi connectivity index (χ2v) is 10.3. The number of nitrogens with zero attached hydrogens (tertiary/aromatic N) is 4. The van der Waals surface area contributed by atoms with Gasteiger partial charge in [-0.2, -0.15) is 0 Å². The topological polar surface area (TPSA) is 68.1 Å². The van der Waals surface area contributed by atoms with Gasteiger partial charge in [0.15, 0.2) is 0 Å². The quantitative estimate of drug-likeness (QED) is 0.489. The van der Waals surface area contributed by atoms with Crippen molar-refractivity contribution in [1.82, 2.24) is 19.4 Å². The molecule has 0 radical (unpaired) electrons. The fraction of sp³-hybridized carbons (Fsp3) is 0.429. The van der Waals surface area contributed by atoms with Crippen molar-refractivity contribution in [1.29, 1.82) is 0 Å². The Labute approximate surface area is 177 Å². The van der Waals surface area contributed by atoms with Gasteiger partial charge in [-0.25, -0.2) is 18.4 Å². The Morgan fingerprint density at radius 1 is 1.17 bits per heavy atom. The van der Waals surface area contributed by atoms with E-state index in [9.17, 15) is 8.42 Å². The molecule has 156 valence electrons. The SMILES string of the molecule is CCS(=O)(=O)c1ncc(CN(C)Cc2nc(C)cs2)n1CCCc1ccccc1. The Morgan fingerprint density at radius 3 is 2.59 bits per heavy atom. The minimum absolute atomic E-state index is 0.0520. The van der Waals surface area contributed by atoms with Crippen LogP contribution in [0.2, 0.25) is 0 Å². The molecule has 0 N–H and O–H groups in total. The summed E-state index contributed by atoms with van der Waals surface area (Å²) in [5.41, 5.74) is 3.20. The highest BCUT2D eigenvalue weighted by Crippen LogP contribution is 2.18. The van der Waals surface area contributed by atoms with Gasteiger partial charge in [-0.1, -0.05) is 37.3 Å². The van der Waals surface area contributed by atoms with E-state index >= 15 is 0 Å². The molecule has 0 amide bonds. The second kappa shape index (κ2) is 9.65. The third-order valence-electron chi connectivity index (χ3n) is 4.75. The Hall–Kier alpha value is -2.03. The van der Waals surface area contributed by atoms with Gasteiger partial charge < -0.3 is 4.57 Å². The van der Waals surface area contributed by atoms with Crippen molar-refractivity contribution < 1.29 is 8.42 Å². The van der Waals surface area contributed by atoms with Crippen LogP contribution >= 0.6 is 11.3 Å². The molecule has 0 aliphatic rings. The Kier molecular flexibility index (Phi) is 7.21. The summed E-state index contributed by atoms with van der Waals surface area (Å²) < 4.78 is 27.0. The van der Waals surface area contributed by atoms with Crippen molar-refractivity contribution in [2.24, 2.45) is 0 Å². The van der Waals surface area contributed by atoms with E-state index in [0.717, 1.165) is 35.8 Å². The van der Waals surface area contributed by atoms with Crippen LogP contribution in [0, 0.1) is 6.92 Å². The number of hydrogen-bond donors (Lipinski definition) is 0. The summed E-state index contributed by atoms with van der Waals surface area (Å²) in [6.07, 6.45) is 3.46. The summed E-state index contributed by atoms with van der Waals surface area (Å²) in [5, 5.41) is 3.28. The Bertz CT molecular complexity index is 1030. The zero-order chi connectivity index (χ0) is 20.9. The molecule has 0 spiro atoms. The van der Waals surface area contributed by atoms with E-state index in [0.29, 0.717) is 13.1 Å². The van der Waals surface area contributed by atoms with Gasteiger partial charge in [0.05, 0.1) is 24.2 Å². The van der Waals surface area contributed by atoms with E-state index in [2.05, 4.69) is 27.0 Å². The van der Waals surface area contributed by atoms with Gasteiger partial charge in [-0.15, -0.1) is 11.3 Å². The summed E-state index contributed by atoms with van der Waals surface area (Å²) in [6, 6.07) is 10.3. The summed E-state index contributed by atoms with van der Waals surface area (Å²) in [4.78, 5) is 10.9. The number of aromatic nitrogens is 3. The van der Waals surface area contributed by atoms with Crippen molar-refractivity contribution in [2.75, 3.05) is 12.8 Å². The molecule has 2 heterocycles. The second-order valence-electron chi connectivity index (χ2n) is 7.23. The number of imidazole rings is 1. The molecule has 3 aromatic rings. The van der Waals surface area contributed by atoms with Gasteiger partial charge in [0.1, 0.15) is 5.01 Å². The average Bonchev–Trinajstić information content (AvgIpc) is 3.29. The summed E-state index contributed by atoms with van der Waals surface area (Å²) in [7, 11) is -1.35. The molecule has 0 fully saturated rings. The van der Waals surface area contributed by atoms with Crippen LogP contribution in [0.5, 0.6) is 0 Å². The van der Waals surface area contributed by atoms with E-state index in [1.165, 1.54) is 5.56 Å². The maximum atomic E-state index is 12.5. The fourth-order valence-corrected chi connectivity index (χ4v) is 5.13. The maximum Gasteiger partial charge on any atom is 0.227 e. The van der Waals surface area contributed by atoms with Crippen LogP contribution in [-0.4, -0.2) is 40.7 Å². The van der Waals surface area contributed by atoms with Crippen LogP contribution in [-0.2, 0) is 35.9 Å². The van der Waals surface area contributed by atoms with Crippen molar-refractivity contribution in [3.8, 4) is 0 Å². The van der Waals surface area contributed by atoms with E-state index in [1.807, 2.05) is 42.1 Å². The summed E-state index contributed by atoms with van der Waals surface area (Å²) in [6.45, 7) is 5.63. The zero-order valence-corrected chi connectivity index (χ0v) is 18.8. The van der Waals surface area contributed by atoms with Crippen LogP contribution in [0.25, 0.3) is 0 Å². The lowest BCUT2D eigenvalue weighted by Crippen LogP contribution is -2.21. The highest BCUT2D eigenvalue weighted by Gasteiger charge is 2.22. The highest BCUT2D eigenvalue weighted by atomic mass is 32.2. The number of rotatable bonds is 10. The van der Waals surface area contributed by atoms with Gasteiger partial charge in [0, 0.05) is 24.2 Å². The molecule has 0 bridgehead atoms. The molecular weight excluding hydrogens is 404 g/mol. The molecule has 0 aliphatic heterocycles. The molecule has 8 heteroatoms. The summed E-state index contributed by atoms with van der Waals surface area (Å²) in [5.74, 6) is 0.0520. The van der Waals surface area contributed by atoms with Crippen molar-refractivity contribution in [3.05, 3.63) is 63.9 Å². The smallest absolute Gasteiger partial charge is 0.227 e. The van der Waals surface area contributed by atoms with E-state index in [4.69, 9.17) is 0 Å². The molecule has 29 heavy (non-hydrogen) atoms. The van der Waals surface area contributed by atoms with Crippen LogP contribution in [0.1, 0.15) is 35.3 Å². The minimum Gasteiger partial charge on any atom is -0.318 e. The molecule has 6 nitrogen and oxygen atoms in total. The third-order valence-corrected chi connectivity index (χ3v) is 7.35. The summed E-state index contributed by atoms with van der Waals surface area (Å²) >= 11 is 1.65. The Morgan fingerprint density at radius 2 is 1.93 bits per heavy atom. The molecule has 1 aromatic carbocycles. The molecule has 0 saturated heterocycles. The van der Waals surface area contributed by atoms with Gasteiger partial charge in [-0.05, 0) is 32.4 Å². The van der Waals surface area contributed by atoms with Crippen molar-refractivity contribution in [3.63, 3.8) is 0 Å². The van der Waals surface area contributed by atoms with E-state index in [1.54, 1.807) is 24.5 Å². The lowest BCUT2D eigenvalue weighted by Gasteiger charge is -2.17. The molecule has 0 saturated carbocycles. The van der Waals surface area contributed by atoms with Crippen LogP contribution in [0.3, 0.4) is 0 Å². The molecule has 3 rings (SSSR count). The van der Waals surface area contributed by atoms with Gasteiger partial charge >= 0.3 is 0 Å². The van der Waals surface area contributed by atoms with Crippen molar-refractivity contribution >= 4 is 21.2 Å². The van der Waals surface area contributed by atoms with E-state index in [-0.39, 0.29) is 10.9 Å². The predicted molar refractivity (Wildman–Crippen MR) is 117 cm³/mol. The lowest BCUT2D eigenvalue weighted by molar-refractivity contribution is 0.306. The predicted octanol–water partition coefficient (Wildman–Crippen LogP) is 3.71. The van der Waals surface area contributed by atoms with Gasteiger partial charge in [0.25, 0.3) is 0 Å². The van der Waals surface area contributed by atoms with Crippen molar-refractivity contribution in [2.45, 2.75) is 51.5 Å². The Balaban J connectivity index is 1.75. The van der Waals surface area contributed by atoms with Crippen LogP contribution in [0.15, 0.2) is 47.1 Å². The minimum atomic E-state index is -3.37. The largest absolute Gasteiger partial charge is 0.318 e. The van der Waals surface area contributed by atoms with Gasteiger partial charge in [0.2, 0.25) is 15.0 Å². The first kappa shape index (κ1) is 21.7. The standard InChI is InChI=1S/C21H28N4O2S2/c1-4-29(26,27)21-22-13-19(14-24(3)15-20-23-17(2)16-28-20)25(21)12-8-11-18-9-6-5-7-10-18/h5-7,9-10,13,16H,4,8,11-12,14-15H2,1-3H3. The number of benzene rings is 1. The maximum absolute atomic E-state index is 12.5. The third kappa shape index (κ3) is 5.74. The van der Waals surface area contributed by atoms with E-state index < -0.39 is 9.84 Å². The van der Waals surface area contributed by atoms with Gasteiger partial charge in [-0.3, -0.25) is 4.90 Å². The first-order valence-corrected chi connectivity index (χ1v) is 12.3. The number of aryl methyl sites for hydroxylation is 2. The molecule has 0 aliphatic carbocycles.